The zero-order valence-electron chi connectivity index (χ0n) is 15.2. The highest BCUT2D eigenvalue weighted by atomic mass is 16.5. The largest absolute Gasteiger partial charge is 0.468 e. The van der Waals surface area contributed by atoms with Crippen LogP contribution < -0.4 is 0 Å². The quantitative estimate of drug-likeness (QED) is 0.598. The Hall–Kier alpha value is -2.90. The number of methoxy groups -OCH3 is 1. The molecule has 2 fully saturated rings. The van der Waals surface area contributed by atoms with E-state index in [1.165, 1.54) is 13.4 Å². The molecule has 4 rings (SSSR count). The van der Waals surface area contributed by atoms with Gasteiger partial charge in [0.05, 0.1) is 12.8 Å². The second-order valence-electron chi connectivity index (χ2n) is 7.07. The molecule has 2 aromatic heterocycles. The summed E-state index contributed by atoms with van der Waals surface area (Å²) >= 11 is 0. The first-order valence-electron chi connectivity index (χ1n) is 9.10. The topological polar surface area (TPSA) is 98.2 Å². The minimum Gasteiger partial charge on any atom is -0.468 e. The third-order valence-electron chi connectivity index (χ3n) is 5.41. The Morgan fingerprint density at radius 2 is 1.89 bits per heavy atom. The molecule has 0 spiro atoms. The molecular weight excluding hydrogens is 346 g/mol. The molecule has 1 aliphatic carbocycles. The molecule has 1 saturated carbocycles. The van der Waals surface area contributed by atoms with Crippen molar-refractivity contribution in [2.75, 3.05) is 20.2 Å². The fourth-order valence-electron chi connectivity index (χ4n) is 3.63. The average molecular weight is 367 g/mol. The van der Waals surface area contributed by atoms with Gasteiger partial charge in [0, 0.05) is 43.2 Å². The van der Waals surface area contributed by atoms with Crippen LogP contribution >= 0.6 is 0 Å². The van der Waals surface area contributed by atoms with Gasteiger partial charge in [-0.2, -0.15) is 0 Å². The fraction of sp³-hybridized carbons (Fsp3) is 0.474. The van der Waals surface area contributed by atoms with E-state index >= 15 is 0 Å². The SMILES string of the molecule is COC(=O)C1(C(=O)N2CCC(c3nccc(-c4cncnc4)n3)CC2)CC1. The molecule has 27 heavy (non-hydrogen) atoms. The molecule has 1 amide bonds. The lowest BCUT2D eigenvalue weighted by molar-refractivity contribution is -0.156. The number of carbonyl (C=O) groups excluding carboxylic acids is 2. The van der Waals surface area contributed by atoms with Crippen molar-refractivity contribution in [1.29, 1.82) is 0 Å². The highest BCUT2D eigenvalue weighted by Crippen LogP contribution is 2.48. The van der Waals surface area contributed by atoms with Crippen molar-refractivity contribution < 1.29 is 14.3 Å². The number of likely N-dealkylation sites (tertiary alicyclic amines) is 1. The summed E-state index contributed by atoms with van der Waals surface area (Å²) in [5, 5.41) is 0. The van der Waals surface area contributed by atoms with Gasteiger partial charge in [0.25, 0.3) is 0 Å². The predicted octanol–water partition coefficient (Wildman–Crippen LogP) is 1.59. The number of rotatable bonds is 4. The lowest BCUT2D eigenvalue weighted by Crippen LogP contribution is -2.45. The van der Waals surface area contributed by atoms with E-state index in [1.807, 2.05) is 6.07 Å². The van der Waals surface area contributed by atoms with Gasteiger partial charge in [0.15, 0.2) is 0 Å². The van der Waals surface area contributed by atoms with Crippen molar-refractivity contribution in [3.05, 3.63) is 36.8 Å². The van der Waals surface area contributed by atoms with E-state index in [2.05, 4.69) is 19.9 Å². The molecule has 140 valence electrons. The first-order valence-corrected chi connectivity index (χ1v) is 9.10. The number of piperidine rings is 1. The zero-order chi connectivity index (χ0) is 18.9. The molecule has 3 heterocycles. The van der Waals surface area contributed by atoms with Crippen molar-refractivity contribution in [1.82, 2.24) is 24.8 Å². The molecule has 8 heteroatoms. The molecule has 0 radical (unpaired) electrons. The van der Waals surface area contributed by atoms with Crippen LogP contribution in [0, 0.1) is 5.41 Å². The van der Waals surface area contributed by atoms with Gasteiger partial charge in [0.1, 0.15) is 17.6 Å². The minimum absolute atomic E-state index is 0.0936. The molecule has 0 unspecified atom stereocenters. The molecule has 2 aliphatic rings. The zero-order valence-corrected chi connectivity index (χ0v) is 15.2. The number of ether oxygens (including phenoxy) is 1. The molecule has 0 bridgehead atoms. The van der Waals surface area contributed by atoms with Crippen LogP contribution in [-0.4, -0.2) is 56.9 Å². The number of esters is 1. The number of hydrogen-bond donors (Lipinski definition) is 0. The van der Waals surface area contributed by atoms with Crippen LogP contribution in [0.15, 0.2) is 31.0 Å². The Bertz CT molecular complexity index is 845. The highest BCUT2D eigenvalue weighted by molar-refractivity contribution is 6.05. The Morgan fingerprint density at radius 1 is 1.19 bits per heavy atom. The summed E-state index contributed by atoms with van der Waals surface area (Å²) in [6, 6.07) is 1.84. The number of carbonyl (C=O) groups is 2. The Labute approximate surface area is 157 Å². The van der Waals surface area contributed by atoms with E-state index in [4.69, 9.17) is 4.74 Å². The number of hydrogen-bond acceptors (Lipinski definition) is 7. The molecule has 2 aromatic rings. The number of nitrogens with zero attached hydrogens (tertiary/aromatic N) is 5. The van der Waals surface area contributed by atoms with E-state index in [9.17, 15) is 9.59 Å². The third kappa shape index (κ3) is 3.27. The predicted molar refractivity (Wildman–Crippen MR) is 95.3 cm³/mol. The van der Waals surface area contributed by atoms with Gasteiger partial charge in [-0.25, -0.2) is 19.9 Å². The van der Waals surface area contributed by atoms with Gasteiger partial charge in [-0.1, -0.05) is 0 Å². The van der Waals surface area contributed by atoms with Crippen LogP contribution in [0.4, 0.5) is 0 Å². The molecule has 0 aromatic carbocycles. The smallest absolute Gasteiger partial charge is 0.321 e. The van der Waals surface area contributed by atoms with E-state index in [-0.39, 0.29) is 11.8 Å². The third-order valence-corrected chi connectivity index (χ3v) is 5.41. The Kier molecular flexibility index (Phi) is 4.55. The number of aromatic nitrogens is 4. The maximum atomic E-state index is 12.7. The Morgan fingerprint density at radius 3 is 2.52 bits per heavy atom. The normalized spacial score (nSPS) is 18.8. The van der Waals surface area contributed by atoms with Crippen LogP contribution in [-0.2, 0) is 14.3 Å². The van der Waals surface area contributed by atoms with Crippen LogP contribution in [0.25, 0.3) is 11.3 Å². The van der Waals surface area contributed by atoms with Crippen LogP contribution in [0.5, 0.6) is 0 Å². The molecule has 1 saturated heterocycles. The van der Waals surface area contributed by atoms with Crippen LogP contribution in [0.2, 0.25) is 0 Å². The first kappa shape index (κ1) is 17.5. The van der Waals surface area contributed by atoms with E-state index < -0.39 is 11.4 Å². The van der Waals surface area contributed by atoms with Gasteiger partial charge in [-0.05, 0) is 31.7 Å². The standard InChI is InChI=1S/C19H21N5O3/c1-27-18(26)19(5-6-19)17(25)24-8-3-13(4-9-24)16-22-7-2-15(23-16)14-10-20-12-21-11-14/h2,7,10-13H,3-6,8-9H2,1H3. The summed E-state index contributed by atoms with van der Waals surface area (Å²) in [6.45, 7) is 1.20. The lowest BCUT2D eigenvalue weighted by Gasteiger charge is -2.33. The lowest BCUT2D eigenvalue weighted by atomic mass is 9.94. The second kappa shape index (κ2) is 7.02. The monoisotopic (exact) mass is 367 g/mol. The van der Waals surface area contributed by atoms with Gasteiger partial charge >= 0.3 is 5.97 Å². The van der Waals surface area contributed by atoms with Crippen LogP contribution in [0.3, 0.4) is 0 Å². The fourth-order valence-corrected chi connectivity index (χ4v) is 3.63. The second-order valence-corrected chi connectivity index (χ2v) is 7.07. The van der Waals surface area contributed by atoms with Crippen molar-refractivity contribution in [3.63, 3.8) is 0 Å². The summed E-state index contributed by atoms with van der Waals surface area (Å²) in [4.78, 5) is 43.6. The average Bonchev–Trinajstić information content (AvgIpc) is 3.55. The van der Waals surface area contributed by atoms with E-state index in [0.29, 0.717) is 25.9 Å². The van der Waals surface area contributed by atoms with E-state index in [0.717, 1.165) is 29.9 Å². The van der Waals surface area contributed by atoms with Crippen molar-refractivity contribution in [2.24, 2.45) is 5.41 Å². The molecule has 1 aliphatic heterocycles. The molecule has 0 atom stereocenters. The van der Waals surface area contributed by atoms with Gasteiger partial charge in [0.2, 0.25) is 5.91 Å². The van der Waals surface area contributed by atoms with Crippen LogP contribution in [0.1, 0.15) is 37.4 Å². The summed E-state index contributed by atoms with van der Waals surface area (Å²) in [6.07, 6.45) is 9.41. The van der Waals surface area contributed by atoms with Crippen molar-refractivity contribution in [2.45, 2.75) is 31.6 Å². The summed E-state index contributed by atoms with van der Waals surface area (Å²) in [5.41, 5.74) is 0.718. The summed E-state index contributed by atoms with van der Waals surface area (Å²) in [7, 11) is 1.34. The van der Waals surface area contributed by atoms with Gasteiger partial charge in [-0.15, -0.1) is 0 Å². The highest BCUT2D eigenvalue weighted by Gasteiger charge is 2.59. The maximum Gasteiger partial charge on any atom is 0.321 e. The molecular formula is C19H21N5O3. The molecule has 0 N–H and O–H groups in total. The number of amides is 1. The minimum atomic E-state index is -0.925. The first-order chi connectivity index (χ1) is 13.1. The van der Waals surface area contributed by atoms with Crippen molar-refractivity contribution >= 4 is 11.9 Å². The summed E-state index contributed by atoms with van der Waals surface area (Å²) in [5.74, 6) is 0.462. The van der Waals surface area contributed by atoms with Crippen molar-refractivity contribution in [3.8, 4) is 11.3 Å². The Balaban J connectivity index is 1.43. The maximum absolute atomic E-state index is 12.7. The van der Waals surface area contributed by atoms with Gasteiger partial charge in [-0.3, -0.25) is 9.59 Å². The van der Waals surface area contributed by atoms with Gasteiger partial charge < -0.3 is 9.64 Å². The summed E-state index contributed by atoms with van der Waals surface area (Å²) < 4.78 is 4.82. The van der Waals surface area contributed by atoms with E-state index in [1.54, 1.807) is 23.5 Å². The molecule has 8 nitrogen and oxygen atoms in total.